The summed E-state index contributed by atoms with van der Waals surface area (Å²) in [5.41, 5.74) is 0.435. The van der Waals surface area contributed by atoms with Gasteiger partial charge in [0.2, 0.25) is 0 Å². The predicted molar refractivity (Wildman–Crippen MR) is 83.1 cm³/mol. The Morgan fingerprint density at radius 1 is 1.30 bits per heavy atom. The van der Waals surface area contributed by atoms with Gasteiger partial charge in [0.1, 0.15) is 5.92 Å². The normalized spacial score (nSPS) is 14.4. The number of benzene rings is 1. The average molecular weight is 312 g/mol. The first-order valence-electron chi connectivity index (χ1n) is 6.54. The Balaban J connectivity index is 3.04. The van der Waals surface area contributed by atoms with Gasteiger partial charge in [-0.25, -0.2) is 0 Å². The molecule has 1 rings (SSSR count). The lowest BCUT2D eigenvalue weighted by molar-refractivity contribution is -0.120. The van der Waals surface area contributed by atoms with Gasteiger partial charge in [-0.05, 0) is 23.5 Å². The monoisotopic (exact) mass is 311 g/mol. The highest BCUT2D eigenvalue weighted by atomic mass is 35.5. The third-order valence-electron chi connectivity index (χ3n) is 3.73. The van der Waals surface area contributed by atoms with E-state index in [-0.39, 0.29) is 17.1 Å². The van der Waals surface area contributed by atoms with Gasteiger partial charge in [0.15, 0.2) is 5.78 Å². The summed E-state index contributed by atoms with van der Waals surface area (Å²) in [4.78, 5) is 12.4. The summed E-state index contributed by atoms with van der Waals surface area (Å²) in [7, 11) is 0. The van der Waals surface area contributed by atoms with Crippen molar-refractivity contribution in [3.63, 3.8) is 0 Å². The summed E-state index contributed by atoms with van der Waals surface area (Å²) in [5, 5.41) is 10.1. The number of Topliss-reactive ketones (excluding diaryl/α,β-unsaturated/α-hetero) is 1. The summed E-state index contributed by atoms with van der Waals surface area (Å²) >= 11 is 12.2. The van der Waals surface area contributed by atoms with Crippen molar-refractivity contribution >= 4 is 29.0 Å². The van der Waals surface area contributed by atoms with Crippen molar-refractivity contribution in [3.8, 4) is 6.07 Å². The summed E-state index contributed by atoms with van der Waals surface area (Å²) in [6, 6.07) is 7.03. The molecule has 0 saturated heterocycles. The van der Waals surface area contributed by atoms with Crippen LogP contribution in [0.4, 0.5) is 0 Å². The lowest BCUT2D eigenvalue weighted by Crippen LogP contribution is -2.23. The number of nitriles is 1. The summed E-state index contributed by atoms with van der Waals surface area (Å²) in [5.74, 6) is -0.863. The maximum absolute atomic E-state index is 12.4. The zero-order valence-electron chi connectivity index (χ0n) is 12.2. The fraction of sp³-hybridized carbons (Fsp3) is 0.500. The number of halogens is 2. The molecule has 0 aliphatic carbocycles. The number of hydrogen-bond donors (Lipinski definition) is 0. The van der Waals surface area contributed by atoms with E-state index in [0.29, 0.717) is 22.0 Å². The van der Waals surface area contributed by atoms with Crippen LogP contribution in [0.5, 0.6) is 0 Å². The molecule has 0 amide bonds. The standard InChI is InChI=1S/C16H19Cl2NO/c1-10(16(2,3)4)8-14(20)11(9-19)15-12(17)6-5-7-13(15)18/h5-7,10-11H,8H2,1-4H3. The van der Waals surface area contributed by atoms with Crippen molar-refractivity contribution in [3.05, 3.63) is 33.8 Å². The highest BCUT2D eigenvalue weighted by molar-refractivity contribution is 6.36. The molecule has 108 valence electrons. The van der Waals surface area contributed by atoms with E-state index < -0.39 is 5.92 Å². The minimum Gasteiger partial charge on any atom is -0.298 e. The molecule has 0 fully saturated rings. The van der Waals surface area contributed by atoms with E-state index in [0.717, 1.165) is 0 Å². The van der Waals surface area contributed by atoms with E-state index in [1.54, 1.807) is 18.2 Å². The van der Waals surface area contributed by atoms with E-state index >= 15 is 0 Å². The third-order valence-corrected chi connectivity index (χ3v) is 4.38. The fourth-order valence-corrected chi connectivity index (χ4v) is 2.43. The number of rotatable bonds is 4. The molecule has 1 aromatic carbocycles. The number of ketones is 1. The first-order chi connectivity index (χ1) is 9.18. The van der Waals surface area contributed by atoms with E-state index in [9.17, 15) is 10.1 Å². The van der Waals surface area contributed by atoms with Gasteiger partial charge in [-0.2, -0.15) is 5.26 Å². The Morgan fingerprint density at radius 3 is 2.20 bits per heavy atom. The van der Waals surface area contributed by atoms with Gasteiger partial charge >= 0.3 is 0 Å². The minimum atomic E-state index is -0.902. The van der Waals surface area contributed by atoms with Crippen molar-refractivity contribution in [2.75, 3.05) is 0 Å². The molecule has 0 N–H and O–H groups in total. The topological polar surface area (TPSA) is 40.9 Å². The SMILES string of the molecule is CC(CC(=O)C(C#N)c1c(Cl)cccc1Cl)C(C)(C)C. The van der Waals surface area contributed by atoms with Crippen molar-refractivity contribution in [1.29, 1.82) is 5.26 Å². The van der Waals surface area contributed by atoms with E-state index in [1.807, 2.05) is 13.0 Å². The lowest BCUT2D eigenvalue weighted by atomic mass is 9.77. The molecule has 2 nitrogen and oxygen atoms in total. The largest absolute Gasteiger partial charge is 0.298 e. The molecule has 1 aromatic rings. The van der Waals surface area contributed by atoms with Crippen LogP contribution in [0.3, 0.4) is 0 Å². The van der Waals surface area contributed by atoms with Crippen LogP contribution in [0.1, 0.15) is 45.6 Å². The second-order valence-corrected chi connectivity index (χ2v) is 6.95. The Labute approximate surface area is 130 Å². The molecule has 0 aliphatic heterocycles. The lowest BCUT2D eigenvalue weighted by Gasteiger charge is -2.27. The molecule has 0 saturated carbocycles. The molecule has 0 aliphatic rings. The van der Waals surface area contributed by atoms with Crippen LogP contribution < -0.4 is 0 Å². The zero-order chi connectivity index (χ0) is 15.5. The fourth-order valence-electron chi connectivity index (χ4n) is 1.81. The molecule has 20 heavy (non-hydrogen) atoms. The van der Waals surface area contributed by atoms with Crippen molar-refractivity contribution in [2.24, 2.45) is 11.3 Å². The average Bonchev–Trinajstić information content (AvgIpc) is 2.32. The molecule has 0 spiro atoms. The van der Waals surface area contributed by atoms with Crippen molar-refractivity contribution in [1.82, 2.24) is 0 Å². The highest BCUT2D eigenvalue weighted by Crippen LogP contribution is 2.35. The molecular formula is C16H19Cl2NO. The van der Waals surface area contributed by atoms with Gasteiger partial charge in [0.25, 0.3) is 0 Å². The van der Waals surface area contributed by atoms with E-state index in [1.165, 1.54) is 0 Å². The Morgan fingerprint density at radius 2 is 1.80 bits per heavy atom. The first kappa shape index (κ1) is 17.0. The van der Waals surface area contributed by atoms with Gasteiger partial charge in [-0.3, -0.25) is 4.79 Å². The maximum atomic E-state index is 12.4. The van der Waals surface area contributed by atoms with Crippen LogP contribution in [0.25, 0.3) is 0 Å². The molecule has 0 radical (unpaired) electrons. The number of hydrogen-bond acceptors (Lipinski definition) is 2. The Hall–Kier alpha value is -1.04. The molecule has 0 aromatic heterocycles. The van der Waals surface area contributed by atoms with Crippen LogP contribution in [0.2, 0.25) is 10.0 Å². The Bertz CT molecular complexity index is 520. The second-order valence-electron chi connectivity index (χ2n) is 6.13. The van der Waals surface area contributed by atoms with Crippen LogP contribution in [-0.2, 0) is 4.79 Å². The van der Waals surface area contributed by atoms with E-state index in [4.69, 9.17) is 23.2 Å². The molecule has 2 unspecified atom stereocenters. The highest BCUT2D eigenvalue weighted by Gasteiger charge is 2.29. The van der Waals surface area contributed by atoms with Gasteiger partial charge in [0, 0.05) is 22.0 Å². The minimum absolute atomic E-state index is 0.0138. The van der Waals surface area contributed by atoms with Gasteiger partial charge < -0.3 is 0 Å². The smallest absolute Gasteiger partial charge is 0.154 e. The summed E-state index contributed by atoms with van der Waals surface area (Å²) in [6.07, 6.45) is 0.337. The van der Waals surface area contributed by atoms with Crippen LogP contribution >= 0.6 is 23.2 Å². The summed E-state index contributed by atoms with van der Waals surface area (Å²) in [6.45, 7) is 8.25. The Kier molecular flexibility index (Phi) is 5.62. The quantitative estimate of drug-likeness (QED) is 0.762. The molecule has 4 heteroatoms. The third kappa shape index (κ3) is 3.98. The molecular weight excluding hydrogens is 293 g/mol. The maximum Gasteiger partial charge on any atom is 0.154 e. The number of carbonyl (C=O) groups is 1. The molecule has 0 bridgehead atoms. The van der Waals surface area contributed by atoms with Crippen molar-refractivity contribution in [2.45, 2.75) is 40.0 Å². The van der Waals surface area contributed by atoms with Crippen LogP contribution in [0.15, 0.2) is 18.2 Å². The van der Waals surface area contributed by atoms with E-state index in [2.05, 4.69) is 20.8 Å². The van der Waals surface area contributed by atoms with Crippen molar-refractivity contribution < 1.29 is 4.79 Å². The predicted octanol–water partition coefficient (Wildman–Crippen LogP) is 5.24. The van der Waals surface area contributed by atoms with Gasteiger partial charge in [-0.15, -0.1) is 0 Å². The van der Waals surface area contributed by atoms with Gasteiger partial charge in [0.05, 0.1) is 6.07 Å². The zero-order valence-corrected chi connectivity index (χ0v) is 13.7. The molecule has 2 atom stereocenters. The number of carbonyl (C=O) groups excluding carboxylic acids is 1. The number of nitrogens with zero attached hydrogens (tertiary/aromatic N) is 1. The first-order valence-corrected chi connectivity index (χ1v) is 7.30. The van der Waals surface area contributed by atoms with Gasteiger partial charge in [-0.1, -0.05) is 57.0 Å². The second kappa shape index (κ2) is 6.61. The molecule has 0 heterocycles. The summed E-state index contributed by atoms with van der Waals surface area (Å²) < 4.78 is 0. The van der Waals surface area contributed by atoms with Crippen LogP contribution in [-0.4, -0.2) is 5.78 Å². The van der Waals surface area contributed by atoms with Crippen LogP contribution in [0, 0.1) is 22.7 Å².